The van der Waals surface area contributed by atoms with Crippen LogP contribution in [0.1, 0.15) is 0 Å². The zero-order valence-electron chi connectivity index (χ0n) is 9.97. The smallest absolute Gasteiger partial charge is 0.352 e. The molecule has 1 unspecified atom stereocenters. The molecule has 1 aromatic rings. The van der Waals surface area contributed by atoms with Gasteiger partial charge in [0, 0.05) is 6.07 Å². The average molecular weight is 415 g/mol. The van der Waals surface area contributed by atoms with Gasteiger partial charge in [-0.1, -0.05) is 0 Å². The number of amidine groups is 1. The van der Waals surface area contributed by atoms with E-state index in [-0.39, 0.29) is 18.3 Å². The van der Waals surface area contributed by atoms with E-state index in [4.69, 9.17) is 24.7 Å². The highest BCUT2D eigenvalue weighted by molar-refractivity contribution is 14.1. The van der Waals surface area contributed by atoms with Crippen molar-refractivity contribution in [1.82, 2.24) is 0 Å². The van der Waals surface area contributed by atoms with Gasteiger partial charge in [0.2, 0.25) is 5.88 Å². The van der Waals surface area contributed by atoms with Crippen LogP contribution in [0, 0.1) is 0 Å². The number of nitrogens with two attached hydrogens (primary N) is 1. The minimum Gasteiger partial charge on any atom is -0.448 e. The number of alkyl halides is 1. The molecule has 0 aliphatic carbocycles. The SMILES string of the molecule is NC1=NC(=O)N(c2ccco2)CC1(I)OCP(=O)(O)O. The second-order valence-corrected chi connectivity index (χ2v) is 7.31. The number of anilines is 1. The van der Waals surface area contributed by atoms with Gasteiger partial charge >= 0.3 is 13.6 Å². The predicted octanol–water partition coefficient (Wildman–Crippen LogP) is 0.860. The van der Waals surface area contributed by atoms with E-state index in [2.05, 4.69) is 4.99 Å². The van der Waals surface area contributed by atoms with Crippen LogP contribution in [-0.4, -0.2) is 38.2 Å². The van der Waals surface area contributed by atoms with E-state index >= 15 is 0 Å². The third-order valence-corrected chi connectivity index (χ3v) is 4.10. The molecule has 0 fully saturated rings. The molecule has 2 heterocycles. The number of urea groups is 1. The van der Waals surface area contributed by atoms with Gasteiger partial charge < -0.3 is 24.7 Å². The highest BCUT2D eigenvalue weighted by Crippen LogP contribution is 2.39. The third-order valence-electron chi connectivity index (χ3n) is 2.42. The van der Waals surface area contributed by atoms with Crippen molar-refractivity contribution in [2.45, 2.75) is 3.61 Å². The highest BCUT2D eigenvalue weighted by Gasteiger charge is 2.43. The molecule has 11 heteroatoms. The van der Waals surface area contributed by atoms with Crippen LogP contribution in [0.3, 0.4) is 0 Å². The van der Waals surface area contributed by atoms with Crippen molar-refractivity contribution in [3.8, 4) is 0 Å². The molecule has 2 rings (SSSR count). The van der Waals surface area contributed by atoms with Crippen LogP contribution in [0.5, 0.6) is 0 Å². The molecule has 1 atom stereocenters. The molecule has 9 nitrogen and oxygen atoms in total. The molecular weight excluding hydrogens is 404 g/mol. The Kier molecular flexibility index (Phi) is 4.21. The second-order valence-electron chi connectivity index (χ2n) is 3.98. The number of rotatable bonds is 4. The Bertz CT molecular complexity index is 585. The zero-order chi connectivity index (χ0) is 15.0. The van der Waals surface area contributed by atoms with E-state index < -0.39 is 23.6 Å². The van der Waals surface area contributed by atoms with Crippen molar-refractivity contribution < 1.29 is 28.3 Å². The van der Waals surface area contributed by atoms with Gasteiger partial charge in [-0.2, -0.15) is 4.99 Å². The standard InChI is InChI=1S/C9H11IN3O6P/c10-9(19-5-20(15,16)17)4-13(6-2-1-3-18-6)8(14)12-7(9)11/h1-3H,4-5H2,(H2,11,12,14)(H2,15,16,17). The fourth-order valence-corrected chi connectivity index (χ4v) is 2.75. The Morgan fingerprint density at radius 2 is 2.35 bits per heavy atom. The molecule has 0 bridgehead atoms. The molecule has 0 saturated heterocycles. The number of halogens is 1. The summed E-state index contributed by atoms with van der Waals surface area (Å²) in [5.74, 6) is 0.0893. The zero-order valence-corrected chi connectivity index (χ0v) is 13.0. The number of carbonyl (C=O) groups excluding carboxylic acids is 1. The summed E-state index contributed by atoms with van der Waals surface area (Å²) in [5.41, 5.74) is 5.64. The lowest BCUT2D eigenvalue weighted by molar-refractivity contribution is 0.110. The van der Waals surface area contributed by atoms with E-state index in [1.165, 1.54) is 11.2 Å². The molecule has 0 aromatic carbocycles. The van der Waals surface area contributed by atoms with E-state index in [9.17, 15) is 9.36 Å². The molecule has 20 heavy (non-hydrogen) atoms. The Morgan fingerprint density at radius 3 is 2.90 bits per heavy atom. The molecule has 1 aromatic heterocycles. The van der Waals surface area contributed by atoms with Gasteiger partial charge in [0.25, 0.3) is 0 Å². The minimum absolute atomic E-state index is 0.0742. The fraction of sp³-hybridized carbons (Fsp3) is 0.333. The topological polar surface area (TPSA) is 139 Å². The molecule has 0 radical (unpaired) electrons. The summed E-state index contributed by atoms with van der Waals surface area (Å²) in [7, 11) is -4.36. The van der Waals surface area contributed by atoms with Crippen molar-refractivity contribution in [3.63, 3.8) is 0 Å². The maximum absolute atomic E-state index is 11.8. The Balaban J connectivity index is 2.23. The largest absolute Gasteiger partial charge is 0.448 e. The van der Waals surface area contributed by atoms with Crippen molar-refractivity contribution in [2.24, 2.45) is 10.7 Å². The normalized spacial score (nSPS) is 23.9. The molecule has 0 spiro atoms. The van der Waals surface area contributed by atoms with Crippen LogP contribution in [0.2, 0.25) is 0 Å². The second kappa shape index (κ2) is 5.45. The van der Waals surface area contributed by atoms with Gasteiger partial charge in [-0.25, -0.2) is 4.79 Å². The van der Waals surface area contributed by atoms with Crippen LogP contribution in [0.4, 0.5) is 10.7 Å². The molecule has 4 N–H and O–H groups in total. The van der Waals surface area contributed by atoms with Gasteiger partial charge in [0.05, 0.1) is 12.8 Å². The van der Waals surface area contributed by atoms with E-state index in [1.807, 2.05) is 0 Å². The summed E-state index contributed by atoms with van der Waals surface area (Å²) in [6.07, 6.45) is 0.558. The molecule has 2 amide bonds. The van der Waals surface area contributed by atoms with Crippen LogP contribution >= 0.6 is 30.2 Å². The minimum atomic E-state index is -4.36. The van der Waals surface area contributed by atoms with E-state index in [0.29, 0.717) is 0 Å². The van der Waals surface area contributed by atoms with E-state index in [0.717, 1.165) is 0 Å². The van der Waals surface area contributed by atoms with Crippen LogP contribution in [-0.2, 0) is 9.30 Å². The van der Waals surface area contributed by atoms with Gasteiger partial charge in [-0.3, -0.25) is 9.46 Å². The monoisotopic (exact) mass is 415 g/mol. The summed E-state index contributed by atoms with van der Waals surface area (Å²) >= 11 is 1.75. The van der Waals surface area contributed by atoms with Crippen LogP contribution < -0.4 is 10.6 Å². The molecular formula is C9H11IN3O6P. The number of hydrogen-bond donors (Lipinski definition) is 3. The summed E-state index contributed by atoms with van der Waals surface area (Å²) < 4.78 is 19.8. The van der Waals surface area contributed by atoms with Crippen LogP contribution in [0.25, 0.3) is 0 Å². The molecule has 0 saturated carbocycles. The number of amides is 2. The Morgan fingerprint density at radius 1 is 1.65 bits per heavy atom. The summed E-state index contributed by atoms with van der Waals surface area (Å²) in [4.78, 5) is 34.3. The van der Waals surface area contributed by atoms with E-state index in [1.54, 1.807) is 34.7 Å². The lowest BCUT2D eigenvalue weighted by Gasteiger charge is -2.34. The summed E-state index contributed by atoms with van der Waals surface area (Å²) in [6.45, 7) is -0.0742. The van der Waals surface area contributed by atoms with Crippen LogP contribution in [0.15, 0.2) is 27.8 Å². The number of hydrogen-bond acceptors (Lipinski definition) is 5. The Hall–Kier alpha value is -0.940. The first-order chi connectivity index (χ1) is 9.21. The van der Waals surface area contributed by atoms with Crippen molar-refractivity contribution in [3.05, 3.63) is 18.4 Å². The average Bonchev–Trinajstić information content (AvgIpc) is 2.84. The van der Waals surface area contributed by atoms with Gasteiger partial charge in [0.1, 0.15) is 5.84 Å². The van der Waals surface area contributed by atoms with Gasteiger partial charge in [0.15, 0.2) is 9.96 Å². The first-order valence-electron chi connectivity index (χ1n) is 5.28. The number of carbonyl (C=O) groups is 1. The maximum Gasteiger partial charge on any atom is 0.352 e. The number of aliphatic imine (C=N–C) groups is 1. The predicted molar refractivity (Wildman–Crippen MR) is 77.8 cm³/mol. The van der Waals surface area contributed by atoms with Crippen molar-refractivity contribution in [2.75, 3.05) is 17.8 Å². The molecule has 1 aliphatic rings. The highest BCUT2D eigenvalue weighted by atomic mass is 127. The lowest BCUT2D eigenvalue weighted by atomic mass is 10.2. The van der Waals surface area contributed by atoms with Gasteiger partial charge in [-0.15, -0.1) is 0 Å². The number of ether oxygens (including phenoxy) is 1. The fourth-order valence-electron chi connectivity index (χ4n) is 1.50. The Labute approximate surface area is 127 Å². The number of nitrogens with zero attached hydrogens (tertiary/aromatic N) is 2. The first kappa shape index (κ1) is 15.4. The number of furan rings is 1. The van der Waals surface area contributed by atoms with Crippen molar-refractivity contribution in [1.29, 1.82) is 0 Å². The third kappa shape index (κ3) is 3.38. The first-order valence-corrected chi connectivity index (χ1v) is 8.16. The van der Waals surface area contributed by atoms with Gasteiger partial charge in [-0.05, 0) is 28.7 Å². The molecule has 110 valence electrons. The summed E-state index contributed by atoms with van der Waals surface area (Å²) in [5, 5.41) is 0. The lowest BCUT2D eigenvalue weighted by Crippen LogP contribution is -2.55. The van der Waals surface area contributed by atoms with Crippen molar-refractivity contribution >= 4 is 47.9 Å². The molecule has 1 aliphatic heterocycles. The summed E-state index contributed by atoms with van der Waals surface area (Å²) in [6, 6.07) is 2.51. The quantitative estimate of drug-likeness (QED) is 0.377. The maximum atomic E-state index is 11.8.